The summed E-state index contributed by atoms with van der Waals surface area (Å²) < 4.78 is 23.2. The van der Waals surface area contributed by atoms with Crippen LogP contribution >= 0.6 is 0 Å². The average Bonchev–Trinajstić information content (AvgIpc) is 2.67. The fraction of sp³-hybridized carbons (Fsp3) is 0.800. The zero-order valence-corrected chi connectivity index (χ0v) is 10.6. The maximum absolute atomic E-state index is 12.0. The van der Waals surface area contributed by atoms with Gasteiger partial charge in [-0.3, -0.25) is 4.79 Å². The molecule has 2 aliphatic rings. The lowest BCUT2D eigenvalue weighted by atomic mass is 9.96. The van der Waals surface area contributed by atoms with Gasteiger partial charge in [0.05, 0.1) is 0 Å². The van der Waals surface area contributed by atoms with Crippen molar-refractivity contribution in [2.24, 2.45) is 0 Å². The van der Waals surface area contributed by atoms with Crippen LogP contribution in [0.3, 0.4) is 0 Å². The number of carboxylic acids is 1. The third-order valence-electron chi connectivity index (χ3n) is 3.80. The monoisotopic (exact) mass is 261 g/mol. The second-order valence-corrected chi connectivity index (χ2v) is 7.46. The van der Waals surface area contributed by atoms with E-state index in [1.807, 2.05) is 0 Å². The molecule has 1 N–H and O–H groups in total. The Morgan fingerprint density at radius 1 is 1.29 bits per heavy atom. The summed E-state index contributed by atoms with van der Waals surface area (Å²) in [5.41, 5.74) is -1.54. The number of aliphatic carboxylic acids is 1. The van der Waals surface area contributed by atoms with Crippen LogP contribution in [0.5, 0.6) is 0 Å². The molecule has 6 nitrogen and oxygen atoms in total. The number of nitrogens with zero attached hydrogens (tertiary/aromatic N) is 1. The van der Waals surface area contributed by atoms with Crippen LogP contribution in [0.15, 0.2) is 0 Å². The van der Waals surface area contributed by atoms with Gasteiger partial charge >= 0.3 is 5.97 Å². The summed E-state index contributed by atoms with van der Waals surface area (Å²) in [6.07, 6.45) is 1.69. The molecule has 1 aliphatic heterocycles. The SMILES string of the molecule is CC1(C)C(=O)N(C2(C(=O)O)CCCC2)S1(=O)=O. The molecular weight excluding hydrogens is 246 g/mol. The molecule has 1 heterocycles. The maximum Gasteiger partial charge on any atom is 0.330 e. The van der Waals surface area contributed by atoms with Crippen LogP contribution in [0.2, 0.25) is 0 Å². The average molecular weight is 261 g/mol. The molecule has 1 saturated heterocycles. The first-order valence-electron chi connectivity index (χ1n) is 5.51. The van der Waals surface area contributed by atoms with Crippen molar-refractivity contribution in [2.75, 3.05) is 0 Å². The van der Waals surface area contributed by atoms with Crippen molar-refractivity contribution in [3.63, 3.8) is 0 Å². The van der Waals surface area contributed by atoms with Gasteiger partial charge in [0.1, 0.15) is 0 Å². The Morgan fingerprint density at radius 2 is 1.76 bits per heavy atom. The molecule has 1 saturated carbocycles. The number of carboxylic acid groups (broad SMARTS) is 1. The summed E-state index contributed by atoms with van der Waals surface area (Å²) in [5, 5.41) is 9.26. The van der Waals surface area contributed by atoms with Crippen molar-refractivity contribution in [3.8, 4) is 0 Å². The van der Waals surface area contributed by atoms with Crippen LogP contribution in [0.4, 0.5) is 0 Å². The van der Waals surface area contributed by atoms with Gasteiger partial charge in [-0.15, -0.1) is 0 Å². The highest BCUT2D eigenvalue weighted by Crippen LogP contribution is 2.47. The minimum Gasteiger partial charge on any atom is -0.479 e. The molecule has 1 amide bonds. The molecule has 0 bridgehead atoms. The molecule has 2 fully saturated rings. The first-order chi connectivity index (χ1) is 7.68. The second-order valence-electron chi connectivity index (χ2n) is 5.13. The highest BCUT2D eigenvalue weighted by atomic mass is 32.2. The van der Waals surface area contributed by atoms with E-state index in [1.165, 1.54) is 13.8 Å². The summed E-state index contributed by atoms with van der Waals surface area (Å²) in [6.45, 7) is 2.62. The molecular formula is C10H15NO5S. The third kappa shape index (κ3) is 1.23. The van der Waals surface area contributed by atoms with E-state index in [0.29, 0.717) is 17.1 Å². The molecule has 0 spiro atoms. The predicted molar refractivity (Wildman–Crippen MR) is 58.7 cm³/mol. The third-order valence-corrected chi connectivity index (χ3v) is 6.26. The lowest BCUT2D eigenvalue weighted by Gasteiger charge is -2.50. The predicted octanol–water partition coefficient (Wildman–Crippen LogP) is 0.334. The van der Waals surface area contributed by atoms with E-state index in [2.05, 4.69) is 0 Å². The van der Waals surface area contributed by atoms with Gasteiger partial charge in [-0.1, -0.05) is 12.8 Å². The lowest BCUT2D eigenvalue weighted by Crippen LogP contribution is -2.75. The van der Waals surface area contributed by atoms with E-state index in [0.717, 1.165) is 0 Å². The molecule has 17 heavy (non-hydrogen) atoms. The standard InChI is InChI=1S/C10H15NO5S/c1-9(2)7(12)11(17(9,15)16)10(8(13)14)5-3-4-6-10/h3-6H2,1-2H3,(H,13,14). The smallest absolute Gasteiger partial charge is 0.330 e. The minimum atomic E-state index is -3.83. The van der Waals surface area contributed by atoms with Crippen LogP contribution < -0.4 is 0 Å². The zero-order chi connectivity index (χ0) is 13.1. The van der Waals surface area contributed by atoms with E-state index in [1.54, 1.807) is 0 Å². The number of amides is 1. The van der Waals surface area contributed by atoms with Crippen molar-refractivity contribution < 1.29 is 23.1 Å². The molecule has 1 aliphatic carbocycles. The number of sulfonamides is 1. The van der Waals surface area contributed by atoms with Crippen molar-refractivity contribution in [2.45, 2.75) is 49.8 Å². The quantitative estimate of drug-likeness (QED) is 0.773. The van der Waals surface area contributed by atoms with E-state index < -0.39 is 32.2 Å². The molecule has 0 radical (unpaired) electrons. The van der Waals surface area contributed by atoms with Gasteiger partial charge in [0.15, 0.2) is 10.3 Å². The first-order valence-corrected chi connectivity index (χ1v) is 6.95. The zero-order valence-electron chi connectivity index (χ0n) is 9.76. The number of carbonyl (C=O) groups is 2. The second kappa shape index (κ2) is 3.22. The van der Waals surface area contributed by atoms with Crippen molar-refractivity contribution in [1.82, 2.24) is 4.31 Å². The summed E-state index contributed by atoms with van der Waals surface area (Å²) >= 11 is 0. The fourth-order valence-corrected chi connectivity index (χ4v) is 4.34. The Hall–Kier alpha value is -1.11. The summed E-state index contributed by atoms with van der Waals surface area (Å²) in [6, 6.07) is 0. The number of rotatable bonds is 2. The molecule has 2 rings (SSSR count). The Kier molecular flexibility index (Phi) is 2.34. The minimum absolute atomic E-state index is 0.212. The Morgan fingerprint density at radius 3 is 2.12 bits per heavy atom. The molecule has 0 aromatic heterocycles. The molecule has 7 heteroatoms. The molecule has 0 aromatic rings. The number of hydrogen-bond donors (Lipinski definition) is 1. The first kappa shape index (κ1) is 12.3. The van der Waals surface area contributed by atoms with Gasteiger partial charge < -0.3 is 5.11 Å². The van der Waals surface area contributed by atoms with E-state index >= 15 is 0 Å². The normalized spacial score (nSPS) is 28.8. The number of carbonyl (C=O) groups excluding carboxylic acids is 1. The molecule has 0 atom stereocenters. The highest BCUT2D eigenvalue weighted by molar-refractivity contribution is 7.94. The maximum atomic E-state index is 12.0. The lowest BCUT2D eigenvalue weighted by molar-refractivity contribution is -0.156. The molecule has 0 unspecified atom stereocenters. The summed E-state index contributed by atoms with van der Waals surface area (Å²) in [5.74, 6) is -1.83. The van der Waals surface area contributed by atoms with Gasteiger partial charge in [0.25, 0.3) is 15.9 Å². The van der Waals surface area contributed by atoms with E-state index in [-0.39, 0.29) is 12.8 Å². The van der Waals surface area contributed by atoms with Crippen LogP contribution in [0, 0.1) is 0 Å². The number of hydrogen-bond acceptors (Lipinski definition) is 4. The van der Waals surface area contributed by atoms with Crippen molar-refractivity contribution in [3.05, 3.63) is 0 Å². The van der Waals surface area contributed by atoms with Crippen LogP contribution in [0.25, 0.3) is 0 Å². The van der Waals surface area contributed by atoms with Crippen molar-refractivity contribution in [1.29, 1.82) is 0 Å². The Balaban J connectivity index is 2.49. The molecule has 96 valence electrons. The summed E-state index contributed by atoms with van der Waals surface area (Å²) in [4.78, 5) is 23.2. The van der Waals surface area contributed by atoms with Gasteiger partial charge in [0.2, 0.25) is 0 Å². The Labute approximate surface area is 99.6 Å². The van der Waals surface area contributed by atoms with Crippen molar-refractivity contribution >= 4 is 21.9 Å². The van der Waals surface area contributed by atoms with Crippen LogP contribution in [-0.4, -0.2) is 40.0 Å². The van der Waals surface area contributed by atoms with Gasteiger partial charge in [-0.2, -0.15) is 0 Å². The Bertz CT molecular complexity index is 487. The van der Waals surface area contributed by atoms with Crippen LogP contribution in [-0.2, 0) is 19.6 Å². The fourth-order valence-electron chi connectivity index (χ4n) is 2.54. The largest absolute Gasteiger partial charge is 0.479 e. The van der Waals surface area contributed by atoms with Gasteiger partial charge in [0, 0.05) is 0 Å². The van der Waals surface area contributed by atoms with E-state index in [4.69, 9.17) is 0 Å². The van der Waals surface area contributed by atoms with Gasteiger partial charge in [-0.05, 0) is 26.7 Å². The van der Waals surface area contributed by atoms with Gasteiger partial charge in [-0.25, -0.2) is 17.5 Å². The van der Waals surface area contributed by atoms with Crippen LogP contribution in [0.1, 0.15) is 39.5 Å². The topological polar surface area (TPSA) is 91.8 Å². The van der Waals surface area contributed by atoms with E-state index in [9.17, 15) is 23.1 Å². The summed E-state index contributed by atoms with van der Waals surface area (Å²) in [7, 11) is -3.83. The molecule has 0 aromatic carbocycles. The highest BCUT2D eigenvalue weighted by Gasteiger charge is 2.69.